The Labute approximate surface area is 175 Å². The number of nitrogens with one attached hydrogen (secondary N) is 1. The third-order valence-electron chi connectivity index (χ3n) is 5.42. The number of aromatic amines is 1. The summed E-state index contributed by atoms with van der Waals surface area (Å²) >= 11 is 0. The molecule has 166 valence electrons. The number of ether oxygens (including phenoxy) is 2. The van der Waals surface area contributed by atoms with Crippen LogP contribution in [-0.2, 0) is 16.1 Å². The topological polar surface area (TPSA) is 128 Å². The number of carbonyl (C=O) groups is 1. The minimum absolute atomic E-state index is 0.193. The van der Waals surface area contributed by atoms with E-state index in [0.29, 0.717) is 56.4 Å². The number of anilines is 1. The van der Waals surface area contributed by atoms with E-state index in [2.05, 4.69) is 26.8 Å². The highest BCUT2D eigenvalue weighted by molar-refractivity contribution is 5.81. The van der Waals surface area contributed by atoms with Gasteiger partial charge in [0.1, 0.15) is 11.8 Å². The number of carbonyl (C=O) groups excluding carboxylic acids is 1. The molecule has 0 saturated carbocycles. The number of piperidine rings is 1. The van der Waals surface area contributed by atoms with E-state index in [0.717, 1.165) is 45.1 Å². The Hall–Kier alpha value is -2.46. The normalized spacial score (nSPS) is 15.6. The molecule has 10 nitrogen and oxygen atoms in total. The number of rotatable bonds is 12. The molecular formula is C20H32N6O4. The van der Waals surface area contributed by atoms with Gasteiger partial charge in [0.25, 0.3) is 0 Å². The molecule has 3 rings (SSSR count). The second kappa shape index (κ2) is 11.1. The molecule has 1 aliphatic rings. The average Bonchev–Trinajstić information content (AvgIpc) is 3.05. The molecular weight excluding hydrogens is 388 g/mol. The Morgan fingerprint density at radius 2 is 2.03 bits per heavy atom. The Kier molecular flexibility index (Phi) is 8.21. The summed E-state index contributed by atoms with van der Waals surface area (Å²) in [6.07, 6.45) is 5.65. The van der Waals surface area contributed by atoms with Crippen molar-refractivity contribution >= 4 is 23.3 Å². The Balaban J connectivity index is 1.49. The van der Waals surface area contributed by atoms with Crippen molar-refractivity contribution in [2.24, 2.45) is 5.92 Å². The van der Waals surface area contributed by atoms with Crippen LogP contribution in [0.25, 0.3) is 11.2 Å². The average molecular weight is 421 g/mol. The number of unbranched alkanes of at least 4 members (excludes halogenated alkanes) is 1. The molecule has 0 amide bonds. The molecule has 0 spiro atoms. The number of nitrogens with zero attached hydrogens (tertiary/aromatic N) is 4. The molecule has 2 aromatic rings. The zero-order valence-electron chi connectivity index (χ0n) is 17.6. The second-order valence-electron chi connectivity index (χ2n) is 7.71. The van der Waals surface area contributed by atoms with Gasteiger partial charge < -0.3 is 25.0 Å². The molecule has 0 aromatic carbocycles. The van der Waals surface area contributed by atoms with Crippen LogP contribution in [0.2, 0.25) is 0 Å². The largest absolute Gasteiger partial charge is 0.463 e. The van der Waals surface area contributed by atoms with Gasteiger partial charge in [-0.15, -0.1) is 0 Å². The summed E-state index contributed by atoms with van der Waals surface area (Å²) < 4.78 is 12.9. The van der Waals surface area contributed by atoms with Crippen LogP contribution in [0.3, 0.4) is 0 Å². The molecule has 1 fully saturated rings. The number of likely N-dealkylation sites (tertiary alicyclic amines) is 1. The van der Waals surface area contributed by atoms with Crippen molar-refractivity contribution in [2.75, 3.05) is 45.2 Å². The first-order valence-corrected chi connectivity index (χ1v) is 10.7. The summed E-state index contributed by atoms with van der Waals surface area (Å²) in [6, 6.07) is 0.193. The predicted octanol–water partition coefficient (Wildman–Crippen LogP) is 1.20. The standard InChI is InChI=1S/C20H32N6O4/c1-2-3-13-30-19-23-17(21)16-18(24-19)26(20(28)22-16)7-4-12-29-14-15-5-8-25(9-6-15)10-11-27/h11,15H,2-10,12-14H2,1H3,(H,22,28)(H2,21,23,24). The SMILES string of the molecule is CCCCOc1nc(N)c2[nH]c(=O)n(CCCOCC3CCN(CC=O)CC3)c2n1. The maximum absolute atomic E-state index is 12.3. The number of hydrogen-bond donors (Lipinski definition) is 2. The van der Waals surface area contributed by atoms with Gasteiger partial charge in [0.2, 0.25) is 0 Å². The first-order valence-electron chi connectivity index (χ1n) is 10.7. The fourth-order valence-corrected chi connectivity index (χ4v) is 3.63. The summed E-state index contributed by atoms with van der Waals surface area (Å²) in [5.41, 5.74) is 6.60. The van der Waals surface area contributed by atoms with E-state index in [1.54, 1.807) is 4.57 Å². The highest BCUT2D eigenvalue weighted by atomic mass is 16.5. The lowest BCUT2D eigenvalue weighted by Gasteiger charge is -2.30. The number of fused-ring (bicyclic) bond motifs is 1. The molecule has 1 aliphatic heterocycles. The number of imidazole rings is 1. The van der Waals surface area contributed by atoms with Crippen molar-refractivity contribution in [1.29, 1.82) is 0 Å². The van der Waals surface area contributed by atoms with Crippen molar-refractivity contribution in [2.45, 2.75) is 45.6 Å². The van der Waals surface area contributed by atoms with Crippen LogP contribution < -0.4 is 16.2 Å². The van der Waals surface area contributed by atoms with Gasteiger partial charge in [0.15, 0.2) is 11.5 Å². The number of aldehydes is 1. The van der Waals surface area contributed by atoms with Gasteiger partial charge in [-0.25, -0.2) is 4.79 Å². The highest BCUT2D eigenvalue weighted by Gasteiger charge is 2.19. The van der Waals surface area contributed by atoms with E-state index >= 15 is 0 Å². The number of hydrogen-bond acceptors (Lipinski definition) is 8. The summed E-state index contributed by atoms with van der Waals surface area (Å²) in [7, 11) is 0. The lowest BCUT2D eigenvalue weighted by Crippen LogP contribution is -2.36. The van der Waals surface area contributed by atoms with E-state index in [4.69, 9.17) is 15.2 Å². The van der Waals surface area contributed by atoms with Crippen LogP contribution in [0.15, 0.2) is 4.79 Å². The van der Waals surface area contributed by atoms with Crippen LogP contribution >= 0.6 is 0 Å². The molecule has 0 radical (unpaired) electrons. The first kappa shape index (κ1) is 22.2. The molecule has 0 aliphatic carbocycles. The van der Waals surface area contributed by atoms with Gasteiger partial charge in [-0.2, -0.15) is 9.97 Å². The van der Waals surface area contributed by atoms with Crippen molar-refractivity contribution in [1.82, 2.24) is 24.4 Å². The Morgan fingerprint density at radius 1 is 1.23 bits per heavy atom. The molecule has 3 heterocycles. The Morgan fingerprint density at radius 3 is 2.77 bits per heavy atom. The molecule has 10 heteroatoms. The fourth-order valence-electron chi connectivity index (χ4n) is 3.63. The smallest absolute Gasteiger partial charge is 0.327 e. The number of aromatic nitrogens is 4. The molecule has 0 atom stereocenters. The third-order valence-corrected chi connectivity index (χ3v) is 5.42. The quantitative estimate of drug-likeness (QED) is 0.387. The van der Waals surface area contributed by atoms with Crippen molar-refractivity contribution in [3.8, 4) is 6.01 Å². The van der Waals surface area contributed by atoms with Gasteiger partial charge in [0.05, 0.1) is 13.2 Å². The molecule has 1 saturated heterocycles. The zero-order chi connectivity index (χ0) is 21.3. The van der Waals surface area contributed by atoms with Crippen molar-refractivity contribution < 1.29 is 14.3 Å². The molecule has 0 unspecified atom stereocenters. The summed E-state index contributed by atoms with van der Waals surface area (Å²) in [4.78, 5) is 36.3. The van der Waals surface area contributed by atoms with Gasteiger partial charge in [-0.1, -0.05) is 13.3 Å². The van der Waals surface area contributed by atoms with Crippen LogP contribution in [0.1, 0.15) is 39.0 Å². The van der Waals surface area contributed by atoms with Crippen LogP contribution in [-0.4, -0.2) is 70.2 Å². The minimum atomic E-state index is -0.265. The number of nitrogens with two attached hydrogens (primary N) is 1. The number of aryl methyl sites for hydroxylation is 1. The van der Waals surface area contributed by atoms with Gasteiger partial charge in [-0.3, -0.25) is 9.47 Å². The van der Waals surface area contributed by atoms with E-state index in [1.807, 2.05) is 0 Å². The Bertz CT molecular complexity index is 872. The van der Waals surface area contributed by atoms with Crippen LogP contribution in [0.4, 0.5) is 5.82 Å². The van der Waals surface area contributed by atoms with E-state index < -0.39 is 0 Å². The van der Waals surface area contributed by atoms with Crippen molar-refractivity contribution in [3.05, 3.63) is 10.5 Å². The zero-order valence-corrected chi connectivity index (χ0v) is 17.6. The van der Waals surface area contributed by atoms with Gasteiger partial charge >= 0.3 is 11.7 Å². The predicted molar refractivity (Wildman–Crippen MR) is 114 cm³/mol. The fraction of sp³-hybridized carbons (Fsp3) is 0.700. The number of nitrogen functional groups attached to an aromatic ring is 1. The summed E-state index contributed by atoms with van der Waals surface area (Å²) in [5.74, 6) is 0.735. The molecule has 3 N–H and O–H groups in total. The second-order valence-corrected chi connectivity index (χ2v) is 7.71. The van der Waals surface area contributed by atoms with E-state index in [9.17, 15) is 9.59 Å². The maximum atomic E-state index is 12.3. The van der Waals surface area contributed by atoms with Gasteiger partial charge in [0, 0.05) is 19.8 Å². The lowest BCUT2D eigenvalue weighted by atomic mass is 9.98. The van der Waals surface area contributed by atoms with Crippen LogP contribution in [0.5, 0.6) is 6.01 Å². The maximum Gasteiger partial charge on any atom is 0.327 e. The van der Waals surface area contributed by atoms with E-state index in [1.165, 1.54) is 0 Å². The summed E-state index contributed by atoms with van der Waals surface area (Å²) in [5, 5.41) is 0. The third kappa shape index (κ3) is 5.79. The monoisotopic (exact) mass is 420 g/mol. The molecule has 2 aromatic heterocycles. The number of H-pyrrole nitrogens is 1. The minimum Gasteiger partial charge on any atom is -0.463 e. The van der Waals surface area contributed by atoms with Crippen molar-refractivity contribution in [3.63, 3.8) is 0 Å². The van der Waals surface area contributed by atoms with Crippen LogP contribution in [0, 0.1) is 5.92 Å². The van der Waals surface area contributed by atoms with Gasteiger partial charge in [-0.05, 0) is 44.7 Å². The molecule has 0 bridgehead atoms. The summed E-state index contributed by atoms with van der Waals surface area (Å²) in [6.45, 7) is 6.75. The first-order chi connectivity index (χ1) is 14.6. The molecule has 30 heavy (non-hydrogen) atoms. The van der Waals surface area contributed by atoms with E-state index in [-0.39, 0.29) is 17.5 Å². The highest BCUT2D eigenvalue weighted by Crippen LogP contribution is 2.19. The lowest BCUT2D eigenvalue weighted by molar-refractivity contribution is -0.109.